The lowest BCUT2D eigenvalue weighted by molar-refractivity contribution is 0.0600. The van der Waals surface area contributed by atoms with Crippen molar-refractivity contribution in [1.82, 2.24) is 0 Å². The van der Waals surface area contributed by atoms with Crippen LogP contribution in [0.5, 0.6) is 11.5 Å². The first-order valence-electron chi connectivity index (χ1n) is 5.72. The van der Waals surface area contributed by atoms with E-state index in [1.807, 2.05) is 0 Å². The van der Waals surface area contributed by atoms with Crippen molar-refractivity contribution in [1.29, 1.82) is 0 Å². The minimum absolute atomic E-state index is 0.290. The van der Waals surface area contributed by atoms with Crippen LogP contribution in [-0.4, -0.2) is 13.1 Å². The molecule has 0 radical (unpaired) electrons. The number of benzene rings is 2. The molecule has 7 heteroatoms. The average Bonchev–Trinajstić information content (AvgIpc) is 2.46. The number of hydrogen-bond acceptors (Lipinski definition) is 4. The van der Waals surface area contributed by atoms with Gasteiger partial charge in [-0.1, -0.05) is 23.2 Å². The van der Waals surface area contributed by atoms with Crippen LogP contribution in [0.3, 0.4) is 0 Å². The number of halogens is 3. The summed E-state index contributed by atoms with van der Waals surface area (Å²) in [5.74, 6) is 0.136. The van der Waals surface area contributed by atoms with E-state index in [9.17, 15) is 4.79 Å². The highest BCUT2D eigenvalue weighted by atomic mass is 79.9. The Morgan fingerprint density at radius 3 is 2.52 bits per heavy atom. The van der Waals surface area contributed by atoms with E-state index < -0.39 is 5.97 Å². The monoisotopic (exact) mass is 389 g/mol. The van der Waals surface area contributed by atoms with Crippen LogP contribution in [0.15, 0.2) is 34.8 Å². The van der Waals surface area contributed by atoms with Crippen molar-refractivity contribution in [3.63, 3.8) is 0 Å². The molecule has 0 aliphatic carbocycles. The van der Waals surface area contributed by atoms with Crippen molar-refractivity contribution in [3.05, 3.63) is 50.4 Å². The molecule has 2 aromatic rings. The van der Waals surface area contributed by atoms with Crippen LogP contribution >= 0.6 is 39.1 Å². The second kappa shape index (κ2) is 6.56. The Morgan fingerprint density at radius 2 is 1.86 bits per heavy atom. The number of anilines is 1. The van der Waals surface area contributed by atoms with Crippen molar-refractivity contribution in [2.24, 2.45) is 0 Å². The molecule has 0 saturated heterocycles. The molecule has 0 aromatic heterocycles. The highest BCUT2D eigenvalue weighted by molar-refractivity contribution is 9.10. The molecule has 0 bridgehead atoms. The molecule has 0 spiro atoms. The maximum atomic E-state index is 11.5. The number of esters is 1. The normalized spacial score (nSPS) is 10.3. The van der Waals surface area contributed by atoms with Crippen LogP contribution in [0, 0.1) is 0 Å². The van der Waals surface area contributed by atoms with E-state index in [1.165, 1.54) is 13.2 Å². The molecule has 0 aliphatic heterocycles. The first kappa shape index (κ1) is 15.9. The molecule has 21 heavy (non-hydrogen) atoms. The van der Waals surface area contributed by atoms with Crippen molar-refractivity contribution in [2.45, 2.75) is 0 Å². The van der Waals surface area contributed by atoms with E-state index >= 15 is 0 Å². The minimum Gasteiger partial charge on any atom is -0.465 e. The Labute approximate surface area is 139 Å². The summed E-state index contributed by atoms with van der Waals surface area (Å²) in [5, 5.41) is 0.797. The number of rotatable bonds is 3. The Bertz CT molecular complexity index is 707. The standard InChI is InChI=1S/C14H10BrCl2NO3/c1-20-14(19)7-2-3-11(18)13(4-7)21-12-6-9(16)8(15)5-10(12)17/h2-6H,18H2,1H3. The lowest BCUT2D eigenvalue weighted by Crippen LogP contribution is -2.02. The Hall–Kier alpha value is -1.43. The zero-order valence-electron chi connectivity index (χ0n) is 10.8. The lowest BCUT2D eigenvalue weighted by Gasteiger charge is -2.12. The number of carbonyl (C=O) groups is 1. The van der Waals surface area contributed by atoms with Crippen molar-refractivity contribution in [3.8, 4) is 11.5 Å². The number of hydrogen-bond donors (Lipinski definition) is 1. The molecular weight excluding hydrogens is 381 g/mol. The van der Waals surface area contributed by atoms with Gasteiger partial charge in [0.2, 0.25) is 0 Å². The minimum atomic E-state index is -0.486. The van der Waals surface area contributed by atoms with Gasteiger partial charge in [-0.3, -0.25) is 0 Å². The number of ether oxygens (including phenoxy) is 2. The molecule has 0 aliphatic rings. The maximum absolute atomic E-state index is 11.5. The number of nitrogens with two attached hydrogens (primary N) is 1. The molecule has 2 N–H and O–H groups in total. The lowest BCUT2D eigenvalue weighted by atomic mass is 10.2. The van der Waals surface area contributed by atoms with E-state index in [4.69, 9.17) is 33.7 Å². The van der Waals surface area contributed by atoms with Gasteiger partial charge in [0.15, 0.2) is 5.75 Å². The van der Waals surface area contributed by atoms with Gasteiger partial charge in [-0.15, -0.1) is 0 Å². The highest BCUT2D eigenvalue weighted by Crippen LogP contribution is 2.38. The fourth-order valence-electron chi connectivity index (χ4n) is 1.57. The average molecular weight is 391 g/mol. The predicted octanol–water partition coefficient (Wildman–Crippen LogP) is 4.92. The first-order valence-corrected chi connectivity index (χ1v) is 7.27. The molecule has 0 heterocycles. The van der Waals surface area contributed by atoms with Crippen LogP contribution in [-0.2, 0) is 4.74 Å². The van der Waals surface area contributed by atoms with Gasteiger partial charge in [-0.05, 0) is 40.2 Å². The molecule has 2 aromatic carbocycles. The van der Waals surface area contributed by atoms with Crippen LogP contribution < -0.4 is 10.5 Å². The van der Waals surface area contributed by atoms with E-state index in [0.29, 0.717) is 31.5 Å². The maximum Gasteiger partial charge on any atom is 0.337 e. The second-order valence-electron chi connectivity index (χ2n) is 4.04. The van der Waals surface area contributed by atoms with Crippen molar-refractivity contribution < 1.29 is 14.3 Å². The molecule has 0 amide bonds. The zero-order chi connectivity index (χ0) is 15.6. The molecule has 0 atom stereocenters. The van der Waals surface area contributed by atoms with Crippen LogP contribution in [0.2, 0.25) is 10.0 Å². The summed E-state index contributed by atoms with van der Waals surface area (Å²) >= 11 is 15.4. The molecule has 4 nitrogen and oxygen atoms in total. The molecule has 0 unspecified atom stereocenters. The van der Waals surface area contributed by atoms with E-state index in [1.54, 1.807) is 24.3 Å². The number of carbonyl (C=O) groups excluding carboxylic acids is 1. The SMILES string of the molecule is COC(=O)c1ccc(N)c(Oc2cc(Cl)c(Br)cc2Cl)c1. The van der Waals surface area contributed by atoms with Crippen molar-refractivity contribution >= 4 is 50.8 Å². The Morgan fingerprint density at radius 1 is 1.14 bits per heavy atom. The highest BCUT2D eigenvalue weighted by Gasteiger charge is 2.13. The van der Waals surface area contributed by atoms with Gasteiger partial charge in [0.1, 0.15) is 5.75 Å². The third kappa shape index (κ3) is 3.61. The summed E-state index contributed by atoms with van der Waals surface area (Å²) in [5.41, 5.74) is 6.51. The quantitative estimate of drug-likeness (QED) is 0.459. The van der Waals surface area contributed by atoms with E-state index in [2.05, 4.69) is 20.7 Å². The van der Waals surface area contributed by atoms with Gasteiger partial charge in [0.25, 0.3) is 0 Å². The second-order valence-corrected chi connectivity index (χ2v) is 5.71. The Kier molecular flexibility index (Phi) is 4.98. The predicted molar refractivity (Wildman–Crippen MR) is 86.4 cm³/mol. The Balaban J connectivity index is 2.39. The van der Waals surface area contributed by atoms with Crippen LogP contribution in [0.25, 0.3) is 0 Å². The topological polar surface area (TPSA) is 61.5 Å². The van der Waals surface area contributed by atoms with Gasteiger partial charge >= 0.3 is 5.97 Å². The summed E-state index contributed by atoms with van der Waals surface area (Å²) < 4.78 is 10.9. The smallest absolute Gasteiger partial charge is 0.337 e. The third-order valence-corrected chi connectivity index (χ3v) is 4.12. The fourth-order valence-corrected chi connectivity index (χ4v) is 2.40. The summed E-state index contributed by atoms with van der Waals surface area (Å²) in [6.45, 7) is 0. The summed E-state index contributed by atoms with van der Waals surface area (Å²) in [6, 6.07) is 7.74. The van der Waals surface area contributed by atoms with Gasteiger partial charge in [-0.2, -0.15) is 0 Å². The summed E-state index contributed by atoms with van der Waals surface area (Å²) in [6.07, 6.45) is 0. The van der Waals surface area contributed by atoms with E-state index in [0.717, 1.165) is 0 Å². The molecule has 110 valence electrons. The van der Waals surface area contributed by atoms with E-state index in [-0.39, 0.29) is 5.75 Å². The van der Waals surface area contributed by atoms with Crippen molar-refractivity contribution in [2.75, 3.05) is 12.8 Å². The number of methoxy groups -OCH3 is 1. The van der Waals surface area contributed by atoms with Gasteiger partial charge in [0, 0.05) is 10.5 Å². The first-order chi connectivity index (χ1) is 9.92. The van der Waals surface area contributed by atoms with Crippen LogP contribution in [0.1, 0.15) is 10.4 Å². The van der Waals surface area contributed by atoms with Crippen LogP contribution in [0.4, 0.5) is 5.69 Å². The van der Waals surface area contributed by atoms with Gasteiger partial charge < -0.3 is 15.2 Å². The fraction of sp³-hybridized carbons (Fsp3) is 0.0714. The van der Waals surface area contributed by atoms with Gasteiger partial charge in [-0.25, -0.2) is 4.79 Å². The molecular formula is C14H10BrCl2NO3. The molecule has 0 saturated carbocycles. The third-order valence-electron chi connectivity index (χ3n) is 2.63. The number of nitrogen functional groups attached to an aromatic ring is 1. The molecule has 2 rings (SSSR count). The summed E-state index contributed by atoms with van der Waals surface area (Å²) in [7, 11) is 1.30. The summed E-state index contributed by atoms with van der Waals surface area (Å²) in [4.78, 5) is 11.5. The van der Waals surface area contributed by atoms with Gasteiger partial charge in [0.05, 0.1) is 28.4 Å². The molecule has 0 fully saturated rings. The largest absolute Gasteiger partial charge is 0.465 e. The zero-order valence-corrected chi connectivity index (χ0v) is 13.9.